The molecule has 1 N–H and O–H groups in total. The molecule has 3 heteroatoms. The minimum atomic E-state index is 0.646. The largest absolute Gasteiger partial charge is 0.468 e. The van der Waals surface area contributed by atoms with Crippen LogP contribution in [0.25, 0.3) is 0 Å². The van der Waals surface area contributed by atoms with E-state index >= 15 is 0 Å². The summed E-state index contributed by atoms with van der Waals surface area (Å²) in [5.74, 6) is 1.02. The third-order valence-corrected chi connectivity index (χ3v) is 3.82. The molecule has 0 radical (unpaired) electrons. The van der Waals surface area contributed by atoms with Gasteiger partial charge in [-0.15, -0.1) is 0 Å². The monoisotopic (exact) mass is 285 g/mol. The Morgan fingerprint density at radius 2 is 2.00 bits per heavy atom. The van der Waals surface area contributed by atoms with Crippen molar-refractivity contribution >= 4 is 0 Å². The normalized spacial score (nSPS) is 14.5. The summed E-state index contributed by atoms with van der Waals surface area (Å²) in [5.41, 5.74) is 2.54. The molecule has 0 spiro atoms. The molecule has 1 aromatic heterocycles. The Balaban J connectivity index is 1.34. The maximum Gasteiger partial charge on any atom is 0.123 e. The van der Waals surface area contributed by atoms with E-state index in [0.29, 0.717) is 12.6 Å². The van der Waals surface area contributed by atoms with Crippen molar-refractivity contribution in [3.05, 3.63) is 59.5 Å². The molecule has 3 rings (SSSR count). The van der Waals surface area contributed by atoms with Gasteiger partial charge < -0.3 is 14.5 Å². The Hall–Kier alpha value is -1.58. The van der Waals surface area contributed by atoms with Gasteiger partial charge in [-0.2, -0.15) is 0 Å². The molecule has 0 saturated heterocycles. The van der Waals surface area contributed by atoms with Crippen LogP contribution in [0, 0.1) is 0 Å². The molecular formula is C18H23NO2. The molecule has 1 heterocycles. The minimum Gasteiger partial charge on any atom is -0.468 e. The summed E-state index contributed by atoms with van der Waals surface area (Å²) < 4.78 is 11.3. The summed E-state index contributed by atoms with van der Waals surface area (Å²) in [4.78, 5) is 0. The lowest BCUT2D eigenvalue weighted by Gasteiger charge is -2.06. The summed E-state index contributed by atoms with van der Waals surface area (Å²) in [6.07, 6.45) is 6.48. The maximum atomic E-state index is 5.78. The average Bonchev–Trinajstić information content (AvgIpc) is 3.25. The second-order valence-corrected chi connectivity index (χ2v) is 5.67. The second-order valence-electron chi connectivity index (χ2n) is 5.67. The van der Waals surface area contributed by atoms with Gasteiger partial charge in [0.2, 0.25) is 0 Å². The van der Waals surface area contributed by atoms with Crippen LogP contribution in [0.3, 0.4) is 0 Å². The highest BCUT2D eigenvalue weighted by molar-refractivity contribution is 5.16. The first kappa shape index (κ1) is 14.4. The lowest BCUT2D eigenvalue weighted by Crippen LogP contribution is -2.15. The molecule has 0 aliphatic heterocycles. The summed E-state index contributed by atoms with van der Waals surface area (Å²) in [5, 5.41) is 3.47. The van der Waals surface area contributed by atoms with Gasteiger partial charge in [0.25, 0.3) is 0 Å². The molecule has 0 bridgehead atoms. The van der Waals surface area contributed by atoms with E-state index in [4.69, 9.17) is 9.15 Å². The fourth-order valence-electron chi connectivity index (χ4n) is 2.38. The van der Waals surface area contributed by atoms with Gasteiger partial charge in [-0.25, -0.2) is 0 Å². The Morgan fingerprint density at radius 1 is 1.14 bits per heavy atom. The van der Waals surface area contributed by atoms with Crippen molar-refractivity contribution in [2.24, 2.45) is 0 Å². The Bertz CT molecular complexity index is 531. The molecule has 1 fully saturated rings. The van der Waals surface area contributed by atoms with Crippen molar-refractivity contribution in [2.45, 2.75) is 44.9 Å². The molecule has 1 saturated carbocycles. The summed E-state index contributed by atoms with van der Waals surface area (Å²) in [6.45, 7) is 2.25. The third-order valence-electron chi connectivity index (χ3n) is 3.82. The molecular weight excluding hydrogens is 262 g/mol. The predicted octanol–water partition coefficient (Wildman–Crippen LogP) is 3.68. The fraction of sp³-hybridized carbons (Fsp3) is 0.444. The van der Waals surface area contributed by atoms with Gasteiger partial charge in [-0.3, -0.25) is 0 Å². The van der Waals surface area contributed by atoms with Gasteiger partial charge in [-0.05, 0) is 37.3 Å². The summed E-state index contributed by atoms with van der Waals surface area (Å²) in [7, 11) is 0. The van der Waals surface area contributed by atoms with Crippen molar-refractivity contribution in [2.75, 3.05) is 6.61 Å². The van der Waals surface area contributed by atoms with Crippen LogP contribution in [0.1, 0.15) is 36.1 Å². The third kappa shape index (κ3) is 4.73. The van der Waals surface area contributed by atoms with E-state index in [9.17, 15) is 0 Å². The average molecular weight is 285 g/mol. The minimum absolute atomic E-state index is 0.646. The topological polar surface area (TPSA) is 34.4 Å². The molecule has 2 aromatic rings. The Labute approximate surface area is 126 Å². The van der Waals surface area contributed by atoms with Gasteiger partial charge in [0.05, 0.1) is 19.4 Å². The van der Waals surface area contributed by atoms with E-state index in [2.05, 4.69) is 35.6 Å². The van der Waals surface area contributed by atoms with Gasteiger partial charge in [0, 0.05) is 18.2 Å². The first-order valence-electron chi connectivity index (χ1n) is 7.82. The van der Waals surface area contributed by atoms with Gasteiger partial charge in [0.1, 0.15) is 5.76 Å². The number of benzene rings is 1. The number of hydrogen-bond donors (Lipinski definition) is 1. The van der Waals surface area contributed by atoms with E-state index in [1.165, 1.54) is 24.0 Å². The first-order valence-corrected chi connectivity index (χ1v) is 7.82. The molecule has 0 atom stereocenters. The smallest absolute Gasteiger partial charge is 0.123 e. The van der Waals surface area contributed by atoms with E-state index < -0.39 is 0 Å². The van der Waals surface area contributed by atoms with Gasteiger partial charge >= 0.3 is 0 Å². The number of aryl methyl sites for hydroxylation is 1. The van der Waals surface area contributed by atoms with Crippen LogP contribution in [-0.4, -0.2) is 12.6 Å². The van der Waals surface area contributed by atoms with Crippen molar-refractivity contribution in [3.8, 4) is 0 Å². The number of ether oxygens (including phenoxy) is 1. The number of rotatable bonds is 9. The summed E-state index contributed by atoms with van der Waals surface area (Å²) in [6, 6.07) is 13.3. The van der Waals surface area contributed by atoms with Gasteiger partial charge in [0.15, 0.2) is 0 Å². The molecule has 3 nitrogen and oxygen atoms in total. The number of nitrogens with one attached hydrogen (secondary N) is 1. The van der Waals surface area contributed by atoms with Crippen LogP contribution >= 0.6 is 0 Å². The molecule has 21 heavy (non-hydrogen) atoms. The standard InChI is InChI=1S/C18H23NO2/c1-2-5-15(6-3-1)7-4-11-20-14-16-10-12-21-18(16)13-19-17-8-9-17/h1-3,5-6,10,12,17,19H,4,7-9,11,13-14H2. The zero-order chi connectivity index (χ0) is 14.3. The van der Waals surface area contributed by atoms with E-state index in [1.807, 2.05) is 6.07 Å². The molecule has 1 aliphatic carbocycles. The zero-order valence-electron chi connectivity index (χ0n) is 12.4. The maximum absolute atomic E-state index is 5.78. The second kappa shape index (κ2) is 7.43. The van der Waals surface area contributed by atoms with Crippen molar-refractivity contribution in [1.82, 2.24) is 5.32 Å². The van der Waals surface area contributed by atoms with Crippen molar-refractivity contribution in [3.63, 3.8) is 0 Å². The van der Waals surface area contributed by atoms with Crippen LogP contribution in [0.15, 0.2) is 47.1 Å². The van der Waals surface area contributed by atoms with E-state index in [0.717, 1.165) is 31.8 Å². The van der Waals surface area contributed by atoms with E-state index in [-0.39, 0.29) is 0 Å². The predicted molar refractivity (Wildman–Crippen MR) is 83.0 cm³/mol. The Kier molecular flexibility index (Phi) is 5.08. The van der Waals surface area contributed by atoms with Crippen molar-refractivity contribution < 1.29 is 9.15 Å². The van der Waals surface area contributed by atoms with Crippen LogP contribution < -0.4 is 5.32 Å². The number of hydrogen-bond acceptors (Lipinski definition) is 3. The van der Waals surface area contributed by atoms with Crippen LogP contribution in [0.4, 0.5) is 0 Å². The van der Waals surface area contributed by atoms with Crippen LogP contribution in [0.5, 0.6) is 0 Å². The molecule has 1 aromatic carbocycles. The number of furan rings is 1. The summed E-state index contributed by atoms with van der Waals surface area (Å²) >= 11 is 0. The van der Waals surface area contributed by atoms with E-state index in [1.54, 1.807) is 6.26 Å². The molecule has 0 unspecified atom stereocenters. The van der Waals surface area contributed by atoms with Crippen LogP contribution in [0.2, 0.25) is 0 Å². The molecule has 1 aliphatic rings. The Morgan fingerprint density at radius 3 is 2.81 bits per heavy atom. The highest BCUT2D eigenvalue weighted by Crippen LogP contribution is 2.20. The lowest BCUT2D eigenvalue weighted by molar-refractivity contribution is 0.117. The molecule has 0 amide bonds. The van der Waals surface area contributed by atoms with Gasteiger partial charge in [-0.1, -0.05) is 30.3 Å². The first-order chi connectivity index (χ1) is 10.4. The zero-order valence-corrected chi connectivity index (χ0v) is 12.4. The fourth-order valence-corrected chi connectivity index (χ4v) is 2.38. The highest BCUT2D eigenvalue weighted by Gasteiger charge is 2.21. The van der Waals surface area contributed by atoms with Crippen LogP contribution in [-0.2, 0) is 24.3 Å². The quantitative estimate of drug-likeness (QED) is 0.714. The SMILES string of the molecule is c1ccc(CCCOCc2ccoc2CNC2CC2)cc1. The molecule has 112 valence electrons. The highest BCUT2D eigenvalue weighted by atomic mass is 16.5. The lowest BCUT2D eigenvalue weighted by atomic mass is 10.1. The van der Waals surface area contributed by atoms with Crippen molar-refractivity contribution in [1.29, 1.82) is 0 Å².